The van der Waals surface area contributed by atoms with E-state index in [0.29, 0.717) is 6.04 Å². The predicted octanol–water partition coefficient (Wildman–Crippen LogP) is 4.24. The van der Waals surface area contributed by atoms with Crippen LogP contribution in [0.4, 0.5) is 11.6 Å². The molecule has 1 fully saturated rings. The van der Waals surface area contributed by atoms with Crippen LogP contribution in [0.15, 0.2) is 6.33 Å². The predicted molar refractivity (Wildman–Crippen MR) is 89.9 cm³/mol. The lowest BCUT2D eigenvalue weighted by molar-refractivity contribution is 0.584. The van der Waals surface area contributed by atoms with Gasteiger partial charge in [-0.2, -0.15) is 0 Å². The Labute approximate surface area is 129 Å². The Morgan fingerprint density at radius 1 is 1.14 bits per heavy atom. The molecular formula is C17H30N4. The number of nitrogens with zero attached hydrogens (tertiary/aromatic N) is 2. The van der Waals surface area contributed by atoms with Gasteiger partial charge in [0.1, 0.15) is 18.0 Å². The first-order chi connectivity index (χ1) is 10.3. The number of hydrogen-bond acceptors (Lipinski definition) is 4. The summed E-state index contributed by atoms with van der Waals surface area (Å²) in [5.74, 6) is 2.99. The van der Waals surface area contributed by atoms with E-state index in [4.69, 9.17) is 0 Å². The van der Waals surface area contributed by atoms with Gasteiger partial charge in [0.2, 0.25) is 0 Å². The van der Waals surface area contributed by atoms with E-state index in [1.807, 2.05) is 0 Å². The van der Waals surface area contributed by atoms with Crippen LogP contribution in [0.25, 0.3) is 0 Å². The fourth-order valence-corrected chi connectivity index (χ4v) is 2.70. The van der Waals surface area contributed by atoms with Crippen molar-refractivity contribution in [1.29, 1.82) is 0 Å². The van der Waals surface area contributed by atoms with E-state index >= 15 is 0 Å². The molecule has 0 radical (unpaired) electrons. The van der Waals surface area contributed by atoms with Crippen LogP contribution in [0.1, 0.15) is 64.9 Å². The van der Waals surface area contributed by atoms with Gasteiger partial charge >= 0.3 is 0 Å². The molecule has 1 aromatic rings. The van der Waals surface area contributed by atoms with Crippen LogP contribution in [0.3, 0.4) is 0 Å². The van der Waals surface area contributed by atoms with Gasteiger partial charge in [0, 0.05) is 18.2 Å². The molecular weight excluding hydrogens is 260 g/mol. The Balaban J connectivity index is 2.11. The van der Waals surface area contributed by atoms with Gasteiger partial charge in [0.15, 0.2) is 0 Å². The van der Waals surface area contributed by atoms with E-state index in [1.54, 1.807) is 6.33 Å². The molecule has 1 saturated carbocycles. The van der Waals surface area contributed by atoms with E-state index in [1.165, 1.54) is 24.8 Å². The summed E-state index contributed by atoms with van der Waals surface area (Å²) in [4.78, 5) is 8.96. The molecule has 118 valence electrons. The van der Waals surface area contributed by atoms with Crippen LogP contribution < -0.4 is 10.6 Å². The zero-order valence-electron chi connectivity index (χ0n) is 13.8. The fraction of sp³-hybridized carbons (Fsp3) is 0.765. The molecule has 1 unspecified atom stereocenters. The monoisotopic (exact) mass is 290 g/mol. The summed E-state index contributed by atoms with van der Waals surface area (Å²) in [7, 11) is 0. The Kier molecular flexibility index (Phi) is 6.27. The zero-order chi connectivity index (χ0) is 15.1. The van der Waals surface area contributed by atoms with Crippen LogP contribution in [0.2, 0.25) is 0 Å². The molecule has 1 heterocycles. The van der Waals surface area contributed by atoms with Gasteiger partial charge in [0.05, 0.1) is 0 Å². The van der Waals surface area contributed by atoms with Gasteiger partial charge in [0.25, 0.3) is 0 Å². The number of aromatic nitrogens is 2. The quantitative estimate of drug-likeness (QED) is 0.676. The van der Waals surface area contributed by atoms with Crippen LogP contribution >= 0.6 is 0 Å². The van der Waals surface area contributed by atoms with Crippen molar-refractivity contribution in [1.82, 2.24) is 9.97 Å². The smallest absolute Gasteiger partial charge is 0.134 e. The maximum atomic E-state index is 4.52. The maximum absolute atomic E-state index is 4.52. The second kappa shape index (κ2) is 8.20. The number of rotatable bonds is 10. The summed E-state index contributed by atoms with van der Waals surface area (Å²) < 4.78 is 0. The Hall–Kier alpha value is -1.32. The Morgan fingerprint density at radius 3 is 2.52 bits per heavy atom. The molecule has 0 saturated heterocycles. The molecule has 1 atom stereocenters. The van der Waals surface area contributed by atoms with E-state index in [-0.39, 0.29) is 0 Å². The van der Waals surface area contributed by atoms with E-state index in [2.05, 4.69) is 41.4 Å². The lowest BCUT2D eigenvalue weighted by Gasteiger charge is -2.21. The van der Waals surface area contributed by atoms with Crippen LogP contribution in [0, 0.1) is 5.92 Å². The first kappa shape index (κ1) is 16.1. The Morgan fingerprint density at radius 2 is 1.90 bits per heavy atom. The van der Waals surface area contributed by atoms with E-state index in [9.17, 15) is 0 Å². The standard InChI is InChI=1S/C17H30N4/c1-4-7-15-16(18-10-5-2)19-12-20-17(15)21-14(6-3)11-13-8-9-13/h12-14H,4-11H2,1-3H3,(H2,18,19,20,21). The highest BCUT2D eigenvalue weighted by atomic mass is 15.1. The van der Waals surface area contributed by atoms with Crippen molar-refractivity contribution >= 4 is 11.6 Å². The molecule has 0 amide bonds. The van der Waals surface area contributed by atoms with Gasteiger partial charge in [-0.15, -0.1) is 0 Å². The summed E-state index contributed by atoms with van der Waals surface area (Å²) in [6, 6.07) is 0.544. The normalized spacial score (nSPS) is 15.8. The van der Waals surface area contributed by atoms with Crippen molar-refractivity contribution in [3.05, 3.63) is 11.9 Å². The molecule has 2 rings (SSSR count). The molecule has 1 aliphatic carbocycles. The summed E-state index contributed by atoms with van der Waals surface area (Å²) in [5.41, 5.74) is 1.25. The minimum Gasteiger partial charge on any atom is -0.370 e. The average Bonchev–Trinajstić information content (AvgIpc) is 3.31. The molecule has 4 heteroatoms. The van der Waals surface area contributed by atoms with Gasteiger partial charge in [-0.1, -0.05) is 40.0 Å². The molecule has 4 nitrogen and oxygen atoms in total. The first-order valence-corrected chi connectivity index (χ1v) is 8.62. The summed E-state index contributed by atoms with van der Waals surface area (Å²) in [6.07, 6.45) is 10.2. The number of nitrogens with one attached hydrogen (secondary N) is 2. The van der Waals surface area contributed by atoms with E-state index < -0.39 is 0 Å². The molecule has 0 bridgehead atoms. The highest BCUT2D eigenvalue weighted by Crippen LogP contribution is 2.35. The fourth-order valence-electron chi connectivity index (χ4n) is 2.70. The van der Waals surface area contributed by atoms with Crippen molar-refractivity contribution < 1.29 is 0 Å². The second-order valence-electron chi connectivity index (χ2n) is 6.15. The van der Waals surface area contributed by atoms with Crippen molar-refractivity contribution in [2.45, 2.75) is 71.8 Å². The third-order valence-corrected chi connectivity index (χ3v) is 4.14. The van der Waals surface area contributed by atoms with Crippen LogP contribution in [0.5, 0.6) is 0 Å². The van der Waals surface area contributed by atoms with E-state index in [0.717, 1.165) is 49.8 Å². The lowest BCUT2D eigenvalue weighted by Crippen LogP contribution is -2.21. The highest BCUT2D eigenvalue weighted by molar-refractivity contribution is 5.57. The number of anilines is 2. The maximum Gasteiger partial charge on any atom is 0.134 e. The summed E-state index contributed by atoms with van der Waals surface area (Å²) in [6.45, 7) is 7.61. The van der Waals surface area contributed by atoms with Gasteiger partial charge in [-0.05, 0) is 31.6 Å². The summed E-state index contributed by atoms with van der Waals surface area (Å²) >= 11 is 0. The Bertz CT molecular complexity index is 429. The largest absolute Gasteiger partial charge is 0.370 e. The molecule has 21 heavy (non-hydrogen) atoms. The first-order valence-electron chi connectivity index (χ1n) is 8.62. The van der Waals surface area contributed by atoms with Crippen molar-refractivity contribution in [3.8, 4) is 0 Å². The van der Waals surface area contributed by atoms with Crippen molar-refractivity contribution in [3.63, 3.8) is 0 Å². The van der Waals surface area contributed by atoms with Crippen LogP contribution in [-0.2, 0) is 6.42 Å². The van der Waals surface area contributed by atoms with Crippen LogP contribution in [-0.4, -0.2) is 22.6 Å². The minimum absolute atomic E-state index is 0.544. The molecule has 0 aromatic carbocycles. The summed E-state index contributed by atoms with van der Waals surface area (Å²) in [5, 5.41) is 7.12. The molecule has 1 aliphatic rings. The van der Waals surface area contributed by atoms with Crippen molar-refractivity contribution in [2.24, 2.45) is 5.92 Å². The number of hydrogen-bond donors (Lipinski definition) is 2. The molecule has 1 aromatic heterocycles. The lowest BCUT2D eigenvalue weighted by atomic mass is 10.1. The SMILES string of the molecule is CCCNc1ncnc(NC(CC)CC2CC2)c1CCC. The average molecular weight is 290 g/mol. The molecule has 2 N–H and O–H groups in total. The third-order valence-electron chi connectivity index (χ3n) is 4.14. The molecule has 0 aliphatic heterocycles. The highest BCUT2D eigenvalue weighted by Gasteiger charge is 2.25. The van der Waals surface area contributed by atoms with Gasteiger partial charge < -0.3 is 10.6 Å². The minimum atomic E-state index is 0.544. The topological polar surface area (TPSA) is 49.8 Å². The third kappa shape index (κ3) is 4.87. The zero-order valence-corrected chi connectivity index (χ0v) is 13.8. The molecule has 0 spiro atoms. The second-order valence-corrected chi connectivity index (χ2v) is 6.15. The van der Waals surface area contributed by atoms with Gasteiger partial charge in [-0.3, -0.25) is 0 Å². The van der Waals surface area contributed by atoms with Crippen molar-refractivity contribution in [2.75, 3.05) is 17.2 Å². The van der Waals surface area contributed by atoms with Gasteiger partial charge in [-0.25, -0.2) is 9.97 Å².